The summed E-state index contributed by atoms with van der Waals surface area (Å²) in [5.41, 5.74) is 10.4. The lowest BCUT2D eigenvalue weighted by atomic mass is 10.0. The van der Waals surface area contributed by atoms with Crippen LogP contribution in [-0.2, 0) is 25.7 Å². The topological polar surface area (TPSA) is 143 Å². The molecule has 4 rings (SSSR count). The minimum atomic E-state index is -0.573. The van der Waals surface area contributed by atoms with E-state index in [0.717, 1.165) is 28.9 Å². The van der Waals surface area contributed by atoms with Crippen molar-refractivity contribution in [3.63, 3.8) is 0 Å². The molecule has 3 aromatic carbocycles. The van der Waals surface area contributed by atoms with Gasteiger partial charge < -0.3 is 36.1 Å². The van der Waals surface area contributed by atoms with Crippen molar-refractivity contribution in [3.05, 3.63) is 89.5 Å². The molecule has 0 aromatic heterocycles. The minimum Gasteiger partial charge on any atom is -0.397 e. The van der Waals surface area contributed by atoms with E-state index in [4.69, 9.17) is 15.2 Å². The average molecular weight is 608 g/mol. The summed E-state index contributed by atoms with van der Waals surface area (Å²) in [6.07, 6.45) is 2.77. The lowest BCUT2D eigenvalue weighted by Gasteiger charge is -2.36. The third-order valence-electron chi connectivity index (χ3n) is 7.16. The molecule has 1 saturated heterocycles. The Balaban J connectivity index is 1.23. The second-order valence-electron chi connectivity index (χ2n) is 10.5. The Kier molecular flexibility index (Phi) is 12.9. The summed E-state index contributed by atoms with van der Waals surface area (Å²) >= 11 is 1.65. The number of amides is 2. The number of thioether (sulfide) groups is 1. The smallest absolute Gasteiger partial charge is 0.224 e. The number of anilines is 3. The van der Waals surface area contributed by atoms with Crippen molar-refractivity contribution in [3.8, 4) is 0 Å². The number of unbranched alkanes of at least 4 members (excludes halogenated alkanes) is 2. The van der Waals surface area contributed by atoms with Crippen LogP contribution in [0.1, 0.15) is 67.6 Å². The van der Waals surface area contributed by atoms with Crippen LogP contribution in [0.25, 0.3) is 0 Å². The van der Waals surface area contributed by atoms with Gasteiger partial charge in [0.2, 0.25) is 11.8 Å². The lowest BCUT2D eigenvalue weighted by Crippen LogP contribution is -2.31. The number of carbonyl (C=O) groups is 2. The lowest BCUT2D eigenvalue weighted by molar-refractivity contribution is -0.245. The van der Waals surface area contributed by atoms with Crippen molar-refractivity contribution in [2.45, 2.75) is 63.6 Å². The molecule has 1 aliphatic heterocycles. The molecule has 43 heavy (non-hydrogen) atoms. The highest BCUT2D eigenvalue weighted by atomic mass is 32.2. The van der Waals surface area contributed by atoms with Crippen LogP contribution in [0, 0.1) is 0 Å². The quantitative estimate of drug-likeness (QED) is 0.112. The first-order chi connectivity index (χ1) is 20.9. The van der Waals surface area contributed by atoms with Crippen molar-refractivity contribution in [1.29, 1.82) is 0 Å². The number of benzene rings is 3. The summed E-state index contributed by atoms with van der Waals surface area (Å²) < 4.78 is 12.6. The highest BCUT2D eigenvalue weighted by molar-refractivity contribution is 7.99. The fraction of sp³-hybridized carbons (Fsp3) is 0.394. The SMILES string of the molecule is Nc1ccccc1NC(=O)CCCCCC(=O)Nc1ccc([C@@H]2O[C@H](CSCCO)C[C@H](c3ccc(CO)cc3)O2)cc1. The number of hydrogen-bond donors (Lipinski definition) is 5. The normalized spacial score (nSPS) is 18.2. The van der Waals surface area contributed by atoms with Gasteiger partial charge in [-0.1, -0.05) is 55.0 Å². The Bertz CT molecular complexity index is 1300. The van der Waals surface area contributed by atoms with E-state index in [-0.39, 0.29) is 37.2 Å². The zero-order chi connectivity index (χ0) is 30.4. The number of para-hydroxylation sites is 2. The molecule has 6 N–H and O–H groups in total. The van der Waals surface area contributed by atoms with Crippen LogP contribution in [0.3, 0.4) is 0 Å². The Morgan fingerprint density at radius 3 is 2.19 bits per heavy atom. The number of nitrogen functional groups attached to an aromatic ring is 1. The fourth-order valence-corrected chi connectivity index (χ4v) is 5.59. The Labute approximate surface area is 257 Å². The second-order valence-corrected chi connectivity index (χ2v) is 11.7. The molecule has 10 heteroatoms. The van der Waals surface area contributed by atoms with Crippen molar-refractivity contribution >= 4 is 40.6 Å². The van der Waals surface area contributed by atoms with Gasteiger partial charge in [-0.25, -0.2) is 0 Å². The van der Waals surface area contributed by atoms with E-state index in [1.807, 2.05) is 60.7 Å². The van der Waals surface area contributed by atoms with E-state index >= 15 is 0 Å². The van der Waals surface area contributed by atoms with E-state index < -0.39 is 6.29 Å². The van der Waals surface area contributed by atoms with E-state index in [2.05, 4.69) is 10.6 Å². The molecule has 1 heterocycles. The highest BCUT2D eigenvalue weighted by Gasteiger charge is 2.32. The second kappa shape index (κ2) is 17.0. The molecule has 230 valence electrons. The molecule has 3 aromatic rings. The van der Waals surface area contributed by atoms with Gasteiger partial charge in [0.15, 0.2) is 6.29 Å². The summed E-state index contributed by atoms with van der Waals surface area (Å²) in [5.74, 6) is 1.22. The van der Waals surface area contributed by atoms with Crippen LogP contribution in [0.15, 0.2) is 72.8 Å². The summed E-state index contributed by atoms with van der Waals surface area (Å²) in [5, 5.41) is 24.3. The van der Waals surface area contributed by atoms with Crippen LogP contribution in [0.5, 0.6) is 0 Å². The molecule has 9 nitrogen and oxygen atoms in total. The molecule has 2 amide bonds. The molecular formula is C33H41N3O6S. The molecule has 0 aliphatic carbocycles. The van der Waals surface area contributed by atoms with E-state index in [1.165, 1.54) is 0 Å². The molecule has 0 saturated carbocycles. The number of hydrogen-bond acceptors (Lipinski definition) is 8. The van der Waals surface area contributed by atoms with Gasteiger partial charge in [-0.15, -0.1) is 0 Å². The maximum absolute atomic E-state index is 12.5. The van der Waals surface area contributed by atoms with Gasteiger partial charge in [0.05, 0.1) is 36.8 Å². The summed E-state index contributed by atoms with van der Waals surface area (Å²) in [6.45, 7) is 0.114. The summed E-state index contributed by atoms with van der Waals surface area (Å²) in [4.78, 5) is 24.7. The van der Waals surface area contributed by atoms with Gasteiger partial charge in [0.1, 0.15) is 0 Å². The Morgan fingerprint density at radius 1 is 0.837 bits per heavy atom. The minimum absolute atomic E-state index is 0.00890. The fourth-order valence-electron chi connectivity index (χ4n) is 4.82. The molecule has 1 aliphatic rings. The largest absolute Gasteiger partial charge is 0.397 e. The van der Waals surface area contributed by atoms with E-state index in [0.29, 0.717) is 54.9 Å². The zero-order valence-corrected chi connectivity index (χ0v) is 25.1. The van der Waals surface area contributed by atoms with Gasteiger partial charge in [-0.05, 0) is 48.2 Å². The van der Waals surface area contributed by atoms with Gasteiger partial charge in [-0.2, -0.15) is 11.8 Å². The van der Waals surface area contributed by atoms with Gasteiger partial charge in [0.25, 0.3) is 0 Å². The van der Waals surface area contributed by atoms with Crippen molar-refractivity contribution in [2.24, 2.45) is 0 Å². The molecule has 3 atom stereocenters. The first kappa shape index (κ1) is 32.5. The average Bonchev–Trinajstić information content (AvgIpc) is 3.02. The number of aliphatic hydroxyl groups excluding tert-OH is 2. The zero-order valence-electron chi connectivity index (χ0n) is 24.2. The van der Waals surface area contributed by atoms with Crippen LogP contribution in [0.4, 0.5) is 17.1 Å². The van der Waals surface area contributed by atoms with Gasteiger partial charge in [0, 0.05) is 42.0 Å². The monoisotopic (exact) mass is 607 g/mol. The van der Waals surface area contributed by atoms with Crippen LogP contribution in [-0.4, -0.2) is 46.2 Å². The number of aliphatic hydroxyl groups is 2. The molecule has 1 fully saturated rings. The van der Waals surface area contributed by atoms with Crippen molar-refractivity contribution < 1.29 is 29.3 Å². The molecular weight excluding hydrogens is 566 g/mol. The maximum Gasteiger partial charge on any atom is 0.224 e. The molecule has 0 bridgehead atoms. The van der Waals surface area contributed by atoms with Gasteiger partial charge in [-0.3, -0.25) is 9.59 Å². The predicted molar refractivity (Wildman–Crippen MR) is 170 cm³/mol. The Morgan fingerprint density at radius 2 is 1.51 bits per heavy atom. The van der Waals surface area contributed by atoms with Crippen LogP contribution < -0.4 is 16.4 Å². The number of carbonyl (C=O) groups excluding carboxylic acids is 2. The van der Waals surface area contributed by atoms with Crippen LogP contribution >= 0.6 is 11.8 Å². The van der Waals surface area contributed by atoms with Gasteiger partial charge >= 0.3 is 0 Å². The van der Waals surface area contributed by atoms with Crippen LogP contribution in [0.2, 0.25) is 0 Å². The van der Waals surface area contributed by atoms with Crippen molar-refractivity contribution in [1.82, 2.24) is 0 Å². The third-order valence-corrected chi connectivity index (χ3v) is 8.24. The molecule has 0 spiro atoms. The number of nitrogens with one attached hydrogen (secondary N) is 2. The first-order valence-corrected chi connectivity index (χ1v) is 15.8. The van der Waals surface area contributed by atoms with Crippen molar-refractivity contribution in [2.75, 3.05) is 34.5 Å². The van der Waals surface area contributed by atoms with E-state index in [1.54, 1.807) is 23.9 Å². The number of nitrogens with two attached hydrogens (primary N) is 1. The molecule has 0 radical (unpaired) electrons. The highest BCUT2D eigenvalue weighted by Crippen LogP contribution is 2.39. The Hall–Kier alpha value is -3.41. The predicted octanol–water partition coefficient (Wildman–Crippen LogP) is 5.56. The third kappa shape index (κ3) is 10.4. The number of ether oxygens (including phenoxy) is 2. The maximum atomic E-state index is 12.5. The van der Waals surface area contributed by atoms with E-state index in [9.17, 15) is 19.8 Å². The summed E-state index contributed by atoms with van der Waals surface area (Å²) in [7, 11) is 0. The number of rotatable bonds is 15. The summed E-state index contributed by atoms with van der Waals surface area (Å²) in [6, 6.07) is 22.4. The standard InChI is InChI=1S/C33H41N3O6S/c34-28-6-4-5-7-29(28)36-32(40)9-3-1-2-8-31(39)35-26-16-14-25(15-17-26)33-41-27(22-43-19-18-37)20-30(42-33)24-12-10-23(21-38)11-13-24/h4-7,10-17,27,30,33,37-38H,1-3,8-9,18-22,34H2,(H,35,39)(H,36,40)/t27-,30+,33+/m0/s1. The first-order valence-electron chi connectivity index (χ1n) is 14.7. The molecule has 0 unspecified atom stereocenters.